The van der Waals surface area contributed by atoms with Crippen LogP contribution in [-0.4, -0.2) is 38.1 Å². The zero-order chi connectivity index (χ0) is 15.9. The largest absolute Gasteiger partial charge is 0.312 e. The summed E-state index contributed by atoms with van der Waals surface area (Å²) in [6.07, 6.45) is 14.2. The van der Waals surface area contributed by atoms with Gasteiger partial charge in [0, 0.05) is 12.6 Å². The molecule has 0 radical (unpaired) electrons. The van der Waals surface area contributed by atoms with Gasteiger partial charge < -0.3 is 10.2 Å². The third-order valence-electron chi connectivity index (χ3n) is 4.30. The van der Waals surface area contributed by atoms with E-state index in [1.165, 1.54) is 70.8 Å². The SMILES string of the molecule is CCCCCCCCCCCCNC(CN(C)C)C(C)C. The molecule has 21 heavy (non-hydrogen) atoms. The van der Waals surface area contributed by atoms with Gasteiger partial charge >= 0.3 is 0 Å². The van der Waals surface area contributed by atoms with Crippen LogP contribution in [-0.2, 0) is 0 Å². The van der Waals surface area contributed by atoms with Gasteiger partial charge in [-0.15, -0.1) is 0 Å². The van der Waals surface area contributed by atoms with Crippen molar-refractivity contribution in [1.82, 2.24) is 10.2 Å². The van der Waals surface area contributed by atoms with Gasteiger partial charge in [0.05, 0.1) is 0 Å². The van der Waals surface area contributed by atoms with Crippen LogP contribution >= 0.6 is 0 Å². The first kappa shape index (κ1) is 20.9. The van der Waals surface area contributed by atoms with Crippen molar-refractivity contribution in [2.45, 2.75) is 91.0 Å². The summed E-state index contributed by atoms with van der Waals surface area (Å²) in [6.45, 7) is 9.26. The van der Waals surface area contributed by atoms with Crippen LogP contribution in [0, 0.1) is 5.92 Å². The van der Waals surface area contributed by atoms with Crippen molar-refractivity contribution in [2.75, 3.05) is 27.2 Å². The fraction of sp³-hybridized carbons (Fsp3) is 1.00. The van der Waals surface area contributed by atoms with E-state index in [0.29, 0.717) is 6.04 Å². The molecule has 0 rings (SSSR count). The standard InChI is InChI=1S/C19H42N2/c1-6-7-8-9-10-11-12-13-14-15-16-20-19(18(2)3)17-21(4)5/h18-20H,6-17H2,1-5H3. The zero-order valence-electron chi connectivity index (χ0n) is 15.6. The molecule has 0 saturated carbocycles. The number of rotatable bonds is 15. The molecule has 1 unspecified atom stereocenters. The summed E-state index contributed by atoms with van der Waals surface area (Å²) < 4.78 is 0. The number of hydrogen-bond donors (Lipinski definition) is 1. The van der Waals surface area contributed by atoms with Crippen LogP contribution in [0.3, 0.4) is 0 Å². The Morgan fingerprint density at radius 3 is 1.67 bits per heavy atom. The van der Waals surface area contributed by atoms with E-state index < -0.39 is 0 Å². The summed E-state index contributed by atoms with van der Waals surface area (Å²) in [6, 6.07) is 0.638. The summed E-state index contributed by atoms with van der Waals surface area (Å²) >= 11 is 0. The Morgan fingerprint density at radius 2 is 1.24 bits per heavy atom. The minimum absolute atomic E-state index is 0.638. The average Bonchev–Trinajstić information content (AvgIpc) is 2.42. The van der Waals surface area contributed by atoms with Gasteiger partial charge in [0.2, 0.25) is 0 Å². The number of hydrogen-bond acceptors (Lipinski definition) is 2. The molecule has 0 spiro atoms. The highest BCUT2D eigenvalue weighted by Crippen LogP contribution is 2.10. The molecule has 0 aromatic rings. The van der Waals surface area contributed by atoms with Gasteiger partial charge in [-0.2, -0.15) is 0 Å². The predicted molar refractivity (Wildman–Crippen MR) is 97.0 cm³/mol. The van der Waals surface area contributed by atoms with Crippen LogP contribution in [0.15, 0.2) is 0 Å². The fourth-order valence-electron chi connectivity index (χ4n) is 2.80. The van der Waals surface area contributed by atoms with Crippen LogP contribution in [0.4, 0.5) is 0 Å². The second kappa shape index (κ2) is 14.8. The van der Waals surface area contributed by atoms with Crippen LogP contribution < -0.4 is 5.32 Å². The van der Waals surface area contributed by atoms with Gasteiger partial charge in [0.1, 0.15) is 0 Å². The number of likely N-dealkylation sites (N-methyl/N-ethyl adjacent to an activating group) is 1. The van der Waals surface area contributed by atoms with Crippen molar-refractivity contribution in [3.63, 3.8) is 0 Å². The Balaban J connectivity index is 3.34. The number of unbranched alkanes of at least 4 members (excludes halogenated alkanes) is 9. The Kier molecular flexibility index (Phi) is 14.8. The molecule has 0 bridgehead atoms. The Hall–Kier alpha value is -0.0800. The first-order valence-electron chi connectivity index (χ1n) is 9.46. The quantitative estimate of drug-likeness (QED) is 0.424. The van der Waals surface area contributed by atoms with E-state index in [-0.39, 0.29) is 0 Å². The summed E-state index contributed by atoms with van der Waals surface area (Å²) in [4.78, 5) is 2.29. The first-order chi connectivity index (χ1) is 10.1. The first-order valence-corrected chi connectivity index (χ1v) is 9.46. The van der Waals surface area contributed by atoms with E-state index in [4.69, 9.17) is 0 Å². The van der Waals surface area contributed by atoms with Crippen molar-refractivity contribution < 1.29 is 0 Å². The van der Waals surface area contributed by atoms with Gasteiger partial charge in [-0.25, -0.2) is 0 Å². The monoisotopic (exact) mass is 298 g/mol. The van der Waals surface area contributed by atoms with Crippen LogP contribution in [0.5, 0.6) is 0 Å². The van der Waals surface area contributed by atoms with Crippen molar-refractivity contribution in [1.29, 1.82) is 0 Å². The summed E-state index contributed by atoms with van der Waals surface area (Å²) in [5.74, 6) is 0.718. The lowest BCUT2D eigenvalue weighted by atomic mass is 10.0. The highest BCUT2D eigenvalue weighted by atomic mass is 15.1. The third kappa shape index (κ3) is 14.6. The second-order valence-electron chi connectivity index (χ2n) is 7.25. The van der Waals surface area contributed by atoms with Crippen molar-refractivity contribution >= 4 is 0 Å². The van der Waals surface area contributed by atoms with Crippen molar-refractivity contribution in [2.24, 2.45) is 5.92 Å². The molecular weight excluding hydrogens is 256 g/mol. The molecule has 0 aliphatic rings. The molecule has 0 aromatic carbocycles. The Morgan fingerprint density at radius 1 is 0.762 bits per heavy atom. The van der Waals surface area contributed by atoms with Crippen LogP contribution in [0.2, 0.25) is 0 Å². The lowest BCUT2D eigenvalue weighted by molar-refractivity contribution is 0.288. The summed E-state index contributed by atoms with van der Waals surface area (Å²) in [7, 11) is 4.33. The van der Waals surface area contributed by atoms with Crippen molar-refractivity contribution in [3.05, 3.63) is 0 Å². The molecule has 128 valence electrons. The molecule has 0 aliphatic heterocycles. The van der Waals surface area contributed by atoms with E-state index in [2.05, 4.69) is 45.1 Å². The second-order valence-corrected chi connectivity index (χ2v) is 7.25. The van der Waals surface area contributed by atoms with Gasteiger partial charge in [-0.05, 0) is 33.0 Å². The molecule has 1 atom stereocenters. The van der Waals surface area contributed by atoms with Gasteiger partial charge in [-0.3, -0.25) is 0 Å². The molecule has 0 fully saturated rings. The molecule has 0 aliphatic carbocycles. The van der Waals surface area contributed by atoms with Crippen molar-refractivity contribution in [3.8, 4) is 0 Å². The van der Waals surface area contributed by atoms with Gasteiger partial charge in [0.15, 0.2) is 0 Å². The highest BCUT2D eigenvalue weighted by molar-refractivity contribution is 4.72. The maximum Gasteiger partial charge on any atom is 0.0217 e. The predicted octanol–water partition coefficient (Wildman–Crippen LogP) is 5.08. The van der Waals surface area contributed by atoms with E-state index in [9.17, 15) is 0 Å². The molecule has 0 aromatic heterocycles. The minimum Gasteiger partial charge on any atom is -0.312 e. The highest BCUT2D eigenvalue weighted by Gasteiger charge is 2.12. The minimum atomic E-state index is 0.638. The molecule has 0 heterocycles. The normalized spacial score (nSPS) is 13.3. The van der Waals surface area contributed by atoms with E-state index >= 15 is 0 Å². The van der Waals surface area contributed by atoms with E-state index in [1.54, 1.807) is 0 Å². The third-order valence-corrected chi connectivity index (χ3v) is 4.30. The smallest absolute Gasteiger partial charge is 0.0217 e. The molecule has 2 heteroatoms. The molecular formula is C19H42N2. The molecule has 1 N–H and O–H groups in total. The summed E-state index contributed by atoms with van der Waals surface area (Å²) in [5.41, 5.74) is 0. The lowest BCUT2D eigenvalue weighted by Gasteiger charge is -2.25. The maximum atomic E-state index is 3.73. The number of nitrogens with one attached hydrogen (secondary N) is 1. The van der Waals surface area contributed by atoms with Gasteiger partial charge in [-0.1, -0.05) is 78.6 Å². The number of nitrogens with zero attached hydrogens (tertiary/aromatic N) is 1. The Bertz CT molecular complexity index is 202. The molecule has 2 nitrogen and oxygen atoms in total. The molecule has 0 saturated heterocycles. The Labute approximate surface area is 135 Å². The average molecular weight is 299 g/mol. The van der Waals surface area contributed by atoms with E-state index in [1.807, 2.05) is 0 Å². The fourth-order valence-corrected chi connectivity index (χ4v) is 2.80. The lowest BCUT2D eigenvalue weighted by Crippen LogP contribution is -2.42. The summed E-state index contributed by atoms with van der Waals surface area (Å²) in [5, 5.41) is 3.73. The van der Waals surface area contributed by atoms with E-state index in [0.717, 1.165) is 12.5 Å². The topological polar surface area (TPSA) is 15.3 Å². The van der Waals surface area contributed by atoms with Gasteiger partial charge in [0.25, 0.3) is 0 Å². The maximum absolute atomic E-state index is 3.73. The van der Waals surface area contributed by atoms with Crippen LogP contribution in [0.1, 0.15) is 85.0 Å². The van der Waals surface area contributed by atoms with Crippen LogP contribution in [0.25, 0.3) is 0 Å². The molecule has 0 amide bonds. The zero-order valence-corrected chi connectivity index (χ0v) is 15.6.